The third-order valence-corrected chi connectivity index (χ3v) is 3.16. The summed E-state index contributed by atoms with van der Waals surface area (Å²) < 4.78 is 1.98. The predicted molar refractivity (Wildman–Crippen MR) is 61.8 cm³/mol. The van der Waals surface area contributed by atoms with E-state index < -0.39 is 0 Å². The summed E-state index contributed by atoms with van der Waals surface area (Å²) in [4.78, 5) is -0.0418. The number of hydrogen-bond donors (Lipinski definition) is 1. The highest BCUT2D eigenvalue weighted by atomic mass is 79.9. The minimum absolute atomic E-state index is 0.0418. The molecule has 0 saturated carbocycles. The van der Waals surface area contributed by atoms with Crippen LogP contribution in [0.2, 0.25) is 0 Å². The fourth-order valence-corrected chi connectivity index (χ4v) is 2.07. The van der Waals surface area contributed by atoms with E-state index in [1.165, 1.54) is 0 Å². The van der Waals surface area contributed by atoms with Gasteiger partial charge in [-0.05, 0) is 28.1 Å². The van der Waals surface area contributed by atoms with Gasteiger partial charge in [0.25, 0.3) is 0 Å². The van der Waals surface area contributed by atoms with Crippen molar-refractivity contribution >= 4 is 15.9 Å². The van der Waals surface area contributed by atoms with Crippen LogP contribution in [0.3, 0.4) is 0 Å². The Labute approximate surface area is 96.9 Å². The first kappa shape index (κ1) is 10.2. The van der Waals surface area contributed by atoms with E-state index in [4.69, 9.17) is 0 Å². The van der Waals surface area contributed by atoms with E-state index in [2.05, 4.69) is 15.9 Å². The number of hydrogen-bond acceptors (Lipinski definition) is 1. The van der Waals surface area contributed by atoms with E-state index in [1.807, 2.05) is 53.4 Å². The second-order valence-corrected chi connectivity index (χ2v) is 4.08. The van der Waals surface area contributed by atoms with Crippen molar-refractivity contribution in [1.29, 1.82) is 0 Å². The molecule has 2 aromatic rings. The lowest BCUT2D eigenvalue weighted by Crippen LogP contribution is -2.35. The molecule has 0 aliphatic heterocycles. The van der Waals surface area contributed by atoms with Crippen LogP contribution >= 0.6 is 15.9 Å². The second kappa shape index (κ2) is 4.45. The molecule has 2 rings (SSSR count). The predicted octanol–water partition coefficient (Wildman–Crippen LogP) is 2.62. The Morgan fingerprint density at radius 3 is 2.33 bits per heavy atom. The summed E-state index contributed by atoms with van der Waals surface area (Å²) >= 11 is 3.55. The van der Waals surface area contributed by atoms with Gasteiger partial charge < -0.3 is 5.11 Å². The molecular weight excluding hydrogens is 254 g/mol. The van der Waals surface area contributed by atoms with Gasteiger partial charge >= 0.3 is 0 Å². The highest BCUT2D eigenvalue weighted by molar-refractivity contribution is 9.09. The van der Waals surface area contributed by atoms with Gasteiger partial charge in [-0.2, -0.15) is 4.57 Å². The average molecular weight is 265 g/mol. The Bertz CT molecular complexity index is 444. The minimum atomic E-state index is -0.0418. The molecule has 0 spiro atoms. The van der Waals surface area contributed by atoms with Crippen molar-refractivity contribution in [2.75, 3.05) is 0 Å². The summed E-state index contributed by atoms with van der Waals surface area (Å²) in [6.45, 7) is 0. The summed E-state index contributed by atoms with van der Waals surface area (Å²) in [7, 11) is 0. The van der Waals surface area contributed by atoms with Crippen molar-refractivity contribution < 1.29 is 9.67 Å². The van der Waals surface area contributed by atoms with Gasteiger partial charge in [-0.3, -0.25) is 0 Å². The van der Waals surface area contributed by atoms with Crippen molar-refractivity contribution in [3.8, 4) is 5.75 Å². The van der Waals surface area contributed by atoms with Crippen molar-refractivity contribution in [2.24, 2.45) is 0 Å². The van der Waals surface area contributed by atoms with Gasteiger partial charge in [-0.25, -0.2) is 0 Å². The van der Waals surface area contributed by atoms with Gasteiger partial charge in [-0.15, -0.1) is 0 Å². The van der Waals surface area contributed by atoms with Crippen LogP contribution in [0.25, 0.3) is 0 Å². The van der Waals surface area contributed by atoms with Crippen molar-refractivity contribution in [3.63, 3.8) is 0 Å². The average Bonchev–Trinajstić information content (AvgIpc) is 2.30. The fraction of sp³-hybridized carbons (Fsp3) is 0.0833. The maximum Gasteiger partial charge on any atom is 0.240 e. The molecule has 1 unspecified atom stereocenters. The Balaban J connectivity index is 2.37. The Hall–Kier alpha value is -1.35. The molecule has 3 heteroatoms. The topological polar surface area (TPSA) is 24.1 Å². The summed E-state index contributed by atoms with van der Waals surface area (Å²) in [6, 6.07) is 13.2. The minimum Gasteiger partial charge on any atom is -0.507 e. The van der Waals surface area contributed by atoms with Gasteiger partial charge in [0.2, 0.25) is 4.95 Å². The molecule has 0 fully saturated rings. The molecule has 76 valence electrons. The SMILES string of the molecule is Oc1ccccc1C(Br)[n+]1ccccc1. The van der Waals surface area contributed by atoms with Crippen LogP contribution in [0.1, 0.15) is 10.5 Å². The molecule has 0 bridgehead atoms. The number of phenolic OH excluding ortho intramolecular Hbond substituents is 1. The fourth-order valence-electron chi connectivity index (χ4n) is 1.41. The zero-order valence-electron chi connectivity index (χ0n) is 8.05. The van der Waals surface area contributed by atoms with E-state index >= 15 is 0 Å². The lowest BCUT2D eigenvalue weighted by molar-refractivity contribution is -0.689. The lowest BCUT2D eigenvalue weighted by Gasteiger charge is -2.06. The number of alkyl halides is 1. The van der Waals surface area contributed by atoms with E-state index in [0.717, 1.165) is 5.56 Å². The quantitative estimate of drug-likeness (QED) is 0.655. The number of aromatic nitrogens is 1. The third-order valence-electron chi connectivity index (χ3n) is 2.19. The number of phenols is 1. The molecule has 15 heavy (non-hydrogen) atoms. The Morgan fingerprint density at radius 2 is 1.67 bits per heavy atom. The first-order chi connectivity index (χ1) is 7.29. The summed E-state index contributed by atoms with van der Waals surface area (Å²) in [6.07, 6.45) is 3.90. The summed E-state index contributed by atoms with van der Waals surface area (Å²) in [5, 5.41) is 9.70. The van der Waals surface area contributed by atoms with Gasteiger partial charge in [-0.1, -0.05) is 18.2 Å². The second-order valence-electron chi connectivity index (χ2n) is 3.22. The Kier molecular flexibility index (Phi) is 3.02. The van der Waals surface area contributed by atoms with E-state index in [0.29, 0.717) is 5.75 Å². The molecule has 0 radical (unpaired) electrons. The highest BCUT2D eigenvalue weighted by Crippen LogP contribution is 2.27. The van der Waals surface area contributed by atoms with Crippen LogP contribution < -0.4 is 4.57 Å². The van der Waals surface area contributed by atoms with Crippen LogP contribution in [-0.4, -0.2) is 5.11 Å². The lowest BCUT2D eigenvalue weighted by atomic mass is 10.2. The molecule has 1 atom stereocenters. The molecule has 2 nitrogen and oxygen atoms in total. The summed E-state index contributed by atoms with van der Waals surface area (Å²) in [5.41, 5.74) is 0.855. The van der Waals surface area contributed by atoms with E-state index in [-0.39, 0.29) is 4.95 Å². The van der Waals surface area contributed by atoms with Gasteiger partial charge in [0, 0.05) is 12.1 Å². The number of halogens is 1. The molecule has 0 aliphatic carbocycles. The number of para-hydroxylation sites is 1. The van der Waals surface area contributed by atoms with E-state index in [9.17, 15) is 5.11 Å². The first-order valence-corrected chi connectivity index (χ1v) is 5.58. The monoisotopic (exact) mass is 264 g/mol. The highest BCUT2D eigenvalue weighted by Gasteiger charge is 2.19. The summed E-state index contributed by atoms with van der Waals surface area (Å²) in [5.74, 6) is 0.302. The molecule has 1 aromatic carbocycles. The van der Waals surface area contributed by atoms with Crippen LogP contribution in [0.4, 0.5) is 0 Å². The number of nitrogens with zero attached hydrogens (tertiary/aromatic N) is 1. The van der Waals surface area contributed by atoms with Crippen LogP contribution in [0.5, 0.6) is 5.75 Å². The van der Waals surface area contributed by atoms with Gasteiger partial charge in [0.1, 0.15) is 5.75 Å². The maximum atomic E-state index is 9.70. The molecule has 1 aromatic heterocycles. The largest absolute Gasteiger partial charge is 0.507 e. The first-order valence-electron chi connectivity index (χ1n) is 4.67. The molecule has 0 amide bonds. The molecular formula is C12H11BrNO+. The Morgan fingerprint density at radius 1 is 1.00 bits per heavy atom. The molecule has 0 saturated heterocycles. The molecule has 1 heterocycles. The number of benzene rings is 1. The maximum absolute atomic E-state index is 9.70. The van der Waals surface area contributed by atoms with Crippen LogP contribution in [0, 0.1) is 0 Å². The van der Waals surface area contributed by atoms with Crippen molar-refractivity contribution in [3.05, 3.63) is 60.4 Å². The number of rotatable bonds is 2. The van der Waals surface area contributed by atoms with Crippen molar-refractivity contribution in [2.45, 2.75) is 4.95 Å². The van der Waals surface area contributed by atoms with Crippen LogP contribution in [-0.2, 0) is 0 Å². The third kappa shape index (κ3) is 2.18. The van der Waals surface area contributed by atoms with Gasteiger partial charge in [0.15, 0.2) is 12.4 Å². The number of aromatic hydroxyl groups is 1. The molecule has 1 N–H and O–H groups in total. The number of pyridine rings is 1. The molecule has 0 aliphatic rings. The van der Waals surface area contributed by atoms with Crippen molar-refractivity contribution in [1.82, 2.24) is 0 Å². The normalized spacial score (nSPS) is 12.3. The smallest absolute Gasteiger partial charge is 0.240 e. The van der Waals surface area contributed by atoms with Gasteiger partial charge in [0.05, 0.1) is 5.56 Å². The standard InChI is InChI=1S/C12H10BrNO/c13-12(14-8-4-1-5-9-14)10-6-2-3-7-11(10)15/h1-9,12H/p+1. The zero-order valence-corrected chi connectivity index (χ0v) is 9.63. The van der Waals surface area contributed by atoms with Crippen LogP contribution in [0.15, 0.2) is 54.9 Å². The zero-order chi connectivity index (χ0) is 10.7. The van der Waals surface area contributed by atoms with E-state index in [1.54, 1.807) is 6.07 Å².